The van der Waals surface area contributed by atoms with Crippen molar-refractivity contribution < 1.29 is 27.4 Å². The van der Waals surface area contributed by atoms with Gasteiger partial charge in [-0.3, -0.25) is 0 Å². The summed E-state index contributed by atoms with van der Waals surface area (Å²) < 4.78 is 50.0. The van der Waals surface area contributed by atoms with Crippen molar-refractivity contribution in [1.29, 1.82) is 0 Å². The van der Waals surface area contributed by atoms with Crippen molar-refractivity contribution in [3.8, 4) is 11.5 Å². The first-order valence-corrected chi connectivity index (χ1v) is 7.88. The van der Waals surface area contributed by atoms with E-state index in [-0.39, 0.29) is 31.2 Å². The normalized spacial score (nSPS) is 11.7. The maximum Gasteiger partial charge on any atom is 0.246 e. The van der Waals surface area contributed by atoms with Crippen LogP contribution < -0.4 is 9.47 Å². The molecule has 0 atom stereocenters. The third-order valence-corrected chi connectivity index (χ3v) is 4.79. The Balaban J connectivity index is 3.35. The first kappa shape index (κ1) is 17.7. The average molecular weight is 321 g/mol. The molecule has 1 aromatic carbocycles. The molecule has 1 N–H and O–H groups in total. The second-order valence-electron chi connectivity index (χ2n) is 4.27. The summed E-state index contributed by atoms with van der Waals surface area (Å²) >= 11 is 0. The summed E-state index contributed by atoms with van der Waals surface area (Å²) in [6, 6.07) is 2.05. The zero-order valence-electron chi connectivity index (χ0n) is 12.3. The SMILES string of the molecule is CCCN(CCO)S(=O)(=O)c1cc(OC)c(OC)cc1F. The molecule has 6 nitrogen and oxygen atoms in total. The highest BCUT2D eigenvalue weighted by Gasteiger charge is 2.28. The van der Waals surface area contributed by atoms with Gasteiger partial charge in [0.25, 0.3) is 0 Å². The van der Waals surface area contributed by atoms with E-state index in [2.05, 4.69) is 0 Å². The molecule has 0 saturated carbocycles. The van der Waals surface area contributed by atoms with E-state index in [9.17, 15) is 12.8 Å². The fourth-order valence-electron chi connectivity index (χ4n) is 1.89. The molecule has 1 rings (SSSR count). The molecular weight excluding hydrogens is 301 g/mol. The largest absolute Gasteiger partial charge is 0.493 e. The third kappa shape index (κ3) is 3.84. The average Bonchev–Trinajstić information content (AvgIpc) is 2.46. The van der Waals surface area contributed by atoms with Crippen LogP contribution in [0.5, 0.6) is 11.5 Å². The zero-order valence-corrected chi connectivity index (χ0v) is 13.1. The van der Waals surface area contributed by atoms with Gasteiger partial charge >= 0.3 is 0 Å². The molecule has 0 saturated heterocycles. The van der Waals surface area contributed by atoms with Crippen LogP contribution in [0.2, 0.25) is 0 Å². The number of halogens is 1. The van der Waals surface area contributed by atoms with Crippen molar-refractivity contribution in [2.45, 2.75) is 18.2 Å². The molecule has 0 aliphatic heterocycles. The highest BCUT2D eigenvalue weighted by molar-refractivity contribution is 7.89. The van der Waals surface area contributed by atoms with Crippen LogP contribution in [0.25, 0.3) is 0 Å². The third-order valence-electron chi connectivity index (χ3n) is 2.88. The number of aliphatic hydroxyl groups excluding tert-OH is 1. The number of methoxy groups -OCH3 is 2. The Morgan fingerprint density at radius 1 is 1.19 bits per heavy atom. The lowest BCUT2D eigenvalue weighted by Crippen LogP contribution is -2.34. The lowest BCUT2D eigenvalue weighted by atomic mass is 10.3. The Bertz CT molecular complexity index is 570. The van der Waals surface area contributed by atoms with Crippen LogP contribution in [0.3, 0.4) is 0 Å². The number of benzene rings is 1. The maximum absolute atomic E-state index is 14.1. The number of ether oxygens (including phenoxy) is 2. The number of aliphatic hydroxyl groups is 1. The molecule has 0 fully saturated rings. The predicted octanol–water partition coefficient (Wildman–Crippen LogP) is 1.24. The van der Waals surface area contributed by atoms with E-state index in [1.165, 1.54) is 14.2 Å². The second-order valence-corrected chi connectivity index (χ2v) is 6.17. The Labute approximate surface area is 124 Å². The van der Waals surface area contributed by atoms with Crippen LogP contribution in [0.1, 0.15) is 13.3 Å². The van der Waals surface area contributed by atoms with Crippen molar-refractivity contribution >= 4 is 10.0 Å². The minimum atomic E-state index is -4.05. The Morgan fingerprint density at radius 2 is 1.76 bits per heavy atom. The minimum absolute atomic E-state index is 0.0933. The molecule has 120 valence electrons. The number of hydrogen-bond acceptors (Lipinski definition) is 5. The molecule has 0 heterocycles. The van der Waals surface area contributed by atoms with Crippen LogP contribution in [-0.4, -0.2) is 51.7 Å². The van der Waals surface area contributed by atoms with E-state index in [0.29, 0.717) is 6.42 Å². The summed E-state index contributed by atoms with van der Waals surface area (Å²) in [4.78, 5) is -0.498. The van der Waals surface area contributed by atoms with Gasteiger partial charge in [0.15, 0.2) is 11.5 Å². The lowest BCUT2D eigenvalue weighted by molar-refractivity contribution is 0.253. The van der Waals surface area contributed by atoms with E-state index in [1.807, 2.05) is 0 Å². The van der Waals surface area contributed by atoms with Crippen LogP contribution in [-0.2, 0) is 10.0 Å². The van der Waals surface area contributed by atoms with Gasteiger partial charge in [0.2, 0.25) is 10.0 Å². The van der Waals surface area contributed by atoms with Gasteiger partial charge in [-0.05, 0) is 6.42 Å². The summed E-state index contributed by atoms with van der Waals surface area (Å²) in [6.45, 7) is 1.56. The first-order valence-electron chi connectivity index (χ1n) is 6.44. The topological polar surface area (TPSA) is 76.1 Å². The number of sulfonamides is 1. The zero-order chi connectivity index (χ0) is 16.0. The smallest absolute Gasteiger partial charge is 0.246 e. The van der Waals surface area contributed by atoms with Crippen molar-refractivity contribution in [3.63, 3.8) is 0 Å². The Hall–Kier alpha value is -1.38. The fourth-order valence-corrected chi connectivity index (χ4v) is 3.47. The van der Waals surface area contributed by atoms with Crippen molar-refractivity contribution in [3.05, 3.63) is 17.9 Å². The predicted molar refractivity (Wildman–Crippen MR) is 75.6 cm³/mol. The molecule has 0 unspecified atom stereocenters. The Morgan fingerprint density at radius 3 is 2.24 bits per heavy atom. The van der Waals surface area contributed by atoms with Gasteiger partial charge in [0.1, 0.15) is 10.7 Å². The number of hydrogen-bond donors (Lipinski definition) is 1. The number of nitrogens with zero attached hydrogens (tertiary/aromatic N) is 1. The van der Waals surface area contributed by atoms with Crippen LogP contribution >= 0.6 is 0 Å². The highest BCUT2D eigenvalue weighted by atomic mass is 32.2. The van der Waals surface area contributed by atoms with Crippen molar-refractivity contribution in [2.24, 2.45) is 0 Å². The molecule has 0 aliphatic carbocycles. The Kier molecular flexibility index (Phi) is 6.38. The van der Waals surface area contributed by atoms with Gasteiger partial charge in [-0.15, -0.1) is 0 Å². The van der Waals surface area contributed by atoms with E-state index >= 15 is 0 Å². The van der Waals surface area contributed by atoms with Crippen LogP contribution in [0.4, 0.5) is 4.39 Å². The summed E-state index contributed by atoms with van der Waals surface area (Å²) in [5.74, 6) is -0.692. The molecule has 1 aromatic rings. The molecule has 8 heteroatoms. The van der Waals surface area contributed by atoms with E-state index in [0.717, 1.165) is 16.4 Å². The van der Waals surface area contributed by atoms with Gasteiger partial charge in [0, 0.05) is 25.2 Å². The van der Waals surface area contributed by atoms with Gasteiger partial charge < -0.3 is 14.6 Å². The van der Waals surface area contributed by atoms with E-state index in [4.69, 9.17) is 14.6 Å². The summed E-state index contributed by atoms with van der Waals surface area (Å²) in [7, 11) is -1.38. The molecule has 0 bridgehead atoms. The lowest BCUT2D eigenvalue weighted by Gasteiger charge is -2.21. The minimum Gasteiger partial charge on any atom is -0.493 e. The van der Waals surface area contributed by atoms with E-state index in [1.54, 1.807) is 6.92 Å². The highest BCUT2D eigenvalue weighted by Crippen LogP contribution is 2.33. The second kappa shape index (κ2) is 7.58. The van der Waals surface area contributed by atoms with Gasteiger partial charge in [-0.2, -0.15) is 4.31 Å². The summed E-state index contributed by atoms with van der Waals surface area (Å²) in [5, 5.41) is 8.98. The van der Waals surface area contributed by atoms with Gasteiger partial charge in [-0.1, -0.05) is 6.92 Å². The molecular formula is C13H20FNO5S. The van der Waals surface area contributed by atoms with Gasteiger partial charge in [-0.25, -0.2) is 12.8 Å². The monoisotopic (exact) mass is 321 g/mol. The summed E-state index contributed by atoms with van der Waals surface area (Å²) in [6.07, 6.45) is 0.550. The van der Waals surface area contributed by atoms with Crippen molar-refractivity contribution in [1.82, 2.24) is 4.31 Å². The molecule has 0 spiro atoms. The van der Waals surface area contributed by atoms with Crippen LogP contribution in [0.15, 0.2) is 17.0 Å². The fraction of sp³-hybridized carbons (Fsp3) is 0.538. The first-order chi connectivity index (χ1) is 9.92. The summed E-state index contributed by atoms with van der Waals surface area (Å²) in [5.41, 5.74) is 0. The maximum atomic E-state index is 14.1. The van der Waals surface area contributed by atoms with Crippen molar-refractivity contribution in [2.75, 3.05) is 33.9 Å². The molecule has 0 aliphatic rings. The molecule has 21 heavy (non-hydrogen) atoms. The molecule has 0 amide bonds. The molecule has 0 radical (unpaired) electrons. The van der Waals surface area contributed by atoms with Gasteiger partial charge in [0.05, 0.1) is 20.8 Å². The van der Waals surface area contributed by atoms with Crippen LogP contribution in [0, 0.1) is 5.82 Å². The quantitative estimate of drug-likeness (QED) is 0.779. The van der Waals surface area contributed by atoms with E-state index < -0.39 is 20.7 Å². The standard InChI is InChI=1S/C13H20FNO5S/c1-4-5-15(6-7-16)21(17,18)13-9-12(20-3)11(19-2)8-10(13)14/h8-9,16H,4-7H2,1-3H3. The number of rotatable bonds is 8. The molecule has 0 aromatic heterocycles.